The molecule has 10 heteroatoms. The van der Waals surface area contributed by atoms with Gasteiger partial charge in [-0.1, -0.05) is 0 Å². The Bertz CT molecular complexity index is 592. The van der Waals surface area contributed by atoms with Gasteiger partial charge in [-0.05, 0) is 41.5 Å². The number of hydrogen-bond donors (Lipinski definition) is 3. The fourth-order valence-electron chi connectivity index (χ4n) is 2.44. The average Bonchev–Trinajstić information content (AvgIpc) is 2.85. The van der Waals surface area contributed by atoms with Gasteiger partial charge in [0.15, 0.2) is 0 Å². The quantitative estimate of drug-likeness (QED) is 0.657. The summed E-state index contributed by atoms with van der Waals surface area (Å²) in [5, 5.41) is 14.3. The van der Waals surface area contributed by atoms with Crippen molar-refractivity contribution in [3.8, 4) is 0 Å². The summed E-state index contributed by atoms with van der Waals surface area (Å²) in [5.74, 6) is -1.69. The zero-order chi connectivity index (χ0) is 21.0. The van der Waals surface area contributed by atoms with Gasteiger partial charge in [0.25, 0.3) is 0 Å². The van der Waals surface area contributed by atoms with Crippen LogP contribution in [-0.4, -0.2) is 70.4 Å². The molecule has 0 unspecified atom stereocenters. The number of likely N-dealkylation sites (tertiary alicyclic amines) is 1. The van der Waals surface area contributed by atoms with E-state index in [0.717, 1.165) is 4.90 Å². The van der Waals surface area contributed by atoms with Gasteiger partial charge in [-0.3, -0.25) is 9.69 Å². The summed E-state index contributed by atoms with van der Waals surface area (Å²) in [6.45, 7) is 9.81. The summed E-state index contributed by atoms with van der Waals surface area (Å²) in [5.41, 5.74) is -1.45. The molecule has 1 heterocycles. The van der Waals surface area contributed by atoms with Gasteiger partial charge in [0.1, 0.15) is 23.8 Å². The van der Waals surface area contributed by atoms with Crippen molar-refractivity contribution in [2.75, 3.05) is 13.1 Å². The number of carboxylic acid groups (broad SMARTS) is 1. The smallest absolute Gasteiger partial charge is 0.411 e. The SMILES string of the molecule is CC(C)(C)OC(=O)NCC(=O)N[C@H]1C[C@H](C(=O)O)N(C(=O)OC(C)(C)C)C1. The van der Waals surface area contributed by atoms with E-state index < -0.39 is 47.3 Å². The van der Waals surface area contributed by atoms with Gasteiger partial charge in [0.05, 0.1) is 0 Å². The van der Waals surface area contributed by atoms with Crippen LogP contribution < -0.4 is 10.6 Å². The maximum absolute atomic E-state index is 12.2. The number of nitrogens with zero attached hydrogens (tertiary/aromatic N) is 1. The first-order chi connectivity index (χ1) is 12.2. The Morgan fingerprint density at radius 3 is 2.07 bits per heavy atom. The minimum atomic E-state index is -1.18. The fraction of sp³-hybridized carbons (Fsp3) is 0.765. The number of rotatable bonds is 4. The van der Waals surface area contributed by atoms with Gasteiger partial charge in [0.2, 0.25) is 5.91 Å². The largest absolute Gasteiger partial charge is 0.480 e. The minimum Gasteiger partial charge on any atom is -0.480 e. The number of alkyl carbamates (subject to hydrolysis) is 1. The molecule has 1 fully saturated rings. The summed E-state index contributed by atoms with van der Waals surface area (Å²) in [6, 6.07) is -1.66. The maximum atomic E-state index is 12.2. The average molecular weight is 387 g/mol. The second-order valence-electron chi connectivity index (χ2n) is 8.34. The fourth-order valence-corrected chi connectivity index (χ4v) is 2.44. The molecule has 0 saturated carbocycles. The zero-order valence-corrected chi connectivity index (χ0v) is 16.6. The van der Waals surface area contributed by atoms with Gasteiger partial charge >= 0.3 is 18.2 Å². The lowest BCUT2D eigenvalue weighted by molar-refractivity contribution is -0.142. The van der Waals surface area contributed by atoms with Crippen LogP contribution in [0.2, 0.25) is 0 Å². The molecule has 27 heavy (non-hydrogen) atoms. The Hall–Kier alpha value is -2.52. The number of aliphatic carboxylic acids is 1. The highest BCUT2D eigenvalue weighted by atomic mass is 16.6. The van der Waals surface area contributed by atoms with Crippen molar-refractivity contribution < 1.29 is 33.8 Å². The molecule has 0 radical (unpaired) electrons. The highest BCUT2D eigenvalue weighted by Crippen LogP contribution is 2.21. The van der Waals surface area contributed by atoms with Gasteiger partial charge in [-0.2, -0.15) is 0 Å². The molecule has 0 aromatic heterocycles. The number of amides is 3. The van der Waals surface area contributed by atoms with Crippen molar-refractivity contribution in [2.24, 2.45) is 0 Å². The summed E-state index contributed by atoms with van der Waals surface area (Å²) < 4.78 is 10.2. The summed E-state index contributed by atoms with van der Waals surface area (Å²) in [7, 11) is 0. The molecule has 154 valence electrons. The molecule has 0 bridgehead atoms. The number of nitrogens with one attached hydrogen (secondary N) is 2. The molecule has 2 atom stereocenters. The van der Waals surface area contributed by atoms with E-state index >= 15 is 0 Å². The molecule has 0 aromatic carbocycles. The van der Waals surface area contributed by atoms with Crippen LogP contribution in [0.3, 0.4) is 0 Å². The van der Waals surface area contributed by atoms with Crippen molar-refractivity contribution in [3.63, 3.8) is 0 Å². The van der Waals surface area contributed by atoms with Crippen molar-refractivity contribution >= 4 is 24.1 Å². The lowest BCUT2D eigenvalue weighted by atomic mass is 10.1. The van der Waals surface area contributed by atoms with Crippen LogP contribution >= 0.6 is 0 Å². The zero-order valence-electron chi connectivity index (χ0n) is 16.6. The van der Waals surface area contributed by atoms with Crippen molar-refractivity contribution in [3.05, 3.63) is 0 Å². The van der Waals surface area contributed by atoms with Gasteiger partial charge < -0.3 is 25.2 Å². The van der Waals surface area contributed by atoms with E-state index in [1.165, 1.54) is 0 Å². The summed E-state index contributed by atoms with van der Waals surface area (Å²) in [4.78, 5) is 48.3. The second kappa shape index (κ2) is 8.45. The molecule has 3 N–H and O–H groups in total. The van der Waals surface area contributed by atoms with E-state index in [9.17, 15) is 24.3 Å². The molecular weight excluding hydrogens is 358 g/mol. The van der Waals surface area contributed by atoms with Crippen LogP contribution in [0.15, 0.2) is 0 Å². The van der Waals surface area contributed by atoms with Crippen molar-refractivity contribution in [1.29, 1.82) is 0 Å². The molecule has 1 saturated heterocycles. The van der Waals surface area contributed by atoms with Gasteiger partial charge in [-0.25, -0.2) is 14.4 Å². The van der Waals surface area contributed by atoms with E-state index in [2.05, 4.69) is 10.6 Å². The Kier molecular flexibility index (Phi) is 7.05. The molecule has 0 aromatic rings. The molecule has 0 aliphatic carbocycles. The monoisotopic (exact) mass is 387 g/mol. The number of ether oxygens (including phenoxy) is 2. The number of hydrogen-bond acceptors (Lipinski definition) is 6. The Morgan fingerprint density at radius 1 is 1.04 bits per heavy atom. The van der Waals surface area contributed by atoms with Crippen LogP contribution in [0, 0.1) is 0 Å². The summed E-state index contributed by atoms with van der Waals surface area (Å²) in [6.07, 6.45) is -1.44. The molecule has 1 rings (SSSR count). The third kappa shape index (κ3) is 8.14. The molecule has 3 amide bonds. The van der Waals surface area contributed by atoms with Gasteiger partial charge in [0, 0.05) is 19.0 Å². The van der Waals surface area contributed by atoms with Crippen molar-refractivity contribution in [1.82, 2.24) is 15.5 Å². The lowest BCUT2D eigenvalue weighted by Gasteiger charge is -2.26. The van der Waals surface area contributed by atoms with E-state index in [0.29, 0.717) is 0 Å². The first-order valence-electron chi connectivity index (χ1n) is 8.66. The molecular formula is C17H29N3O7. The minimum absolute atomic E-state index is 0.00403. The van der Waals surface area contributed by atoms with E-state index in [1.54, 1.807) is 41.5 Å². The third-order valence-corrected chi connectivity index (χ3v) is 3.37. The second-order valence-corrected chi connectivity index (χ2v) is 8.34. The van der Waals surface area contributed by atoms with Crippen LogP contribution in [0.5, 0.6) is 0 Å². The van der Waals surface area contributed by atoms with Crippen LogP contribution in [0.4, 0.5) is 9.59 Å². The van der Waals surface area contributed by atoms with Gasteiger partial charge in [-0.15, -0.1) is 0 Å². The Morgan fingerprint density at radius 2 is 1.59 bits per heavy atom. The Balaban J connectivity index is 2.59. The highest BCUT2D eigenvalue weighted by molar-refractivity contribution is 5.84. The van der Waals surface area contributed by atoms with Crippen LogP contribution in [0.1, 0.15) is 48.0 Å². The van der Waals surface area contributed by atoms with E-state index in [1.807, 2.05) is 0 Å². The van der Waals surface area contributed by atoms with Crippen LogP contribution in [0.25, 0.3) is 0 Å². The normalized spacial score (nSPS) is 20.0. The number of carbonyl (C=O) groups excluding carboxylic acids is 3. The topological polar surface area (TPSA) is 134 Å². The Labute approximate surface area is 158 Å². The molecule has 0 spiro atoms. The standard InChI is InChI=1S/C17H29N3O7/c1-16(2,3)26-14(24)18-8-12(21)19-10-7-11(13(22)23)20(9-10)15(25)27-17(4,5)6/h10-11H,7-9H2,1-6H3,(H,18,24)(H,19,21)(H,22,23)/t10-,11+/m0/s1. The summed E-state index contributed by atoms with van der Waals surface area (Å²) >= 11 is 0. The lowest BCUT2D eigenvalue weighted by Crippen LogP contribution is -2.45. The number of carboxylic acids is 1. The molecule has 1 aliphatic heterocycles. The predicted octanol–water partition coefficient (Wildman–Crippen LogP) is 1.09. The first kappa shape index (κ1) is 22.5. The van der Waals surface area contributed by atoms with E-state index in [4.69, 9.17) is 9.47 Å². The molecule has 10 nitrogen and oxygen atoms in total. The van der Waals surface area contributed by atoms with Crippen molar-refractivity contribution in [2.45, 2.75) is 71.2 Å². The number of carbonyl (C=O) groups is 4. The highest BCUT2D eigenvalue weighted by Gasteiger charge is 2.42. The maximum Gasteiger partial charge on any atom is 0.411 e. The van der Waals surface area contributed by atoms with E-state index in [-0.39, 0.29) is 19.5 Å². The predicted molar refractivity (Wildman–Crippen MR) is 95.1 cm³/mol. The third-order valence-electron chi connectivity index (χ3n) is 3.37. The molecule has 1 aliphatic rings. The van der Waals surface area contributed by atoms with Crippen LogP contribution in [-0.2, 0) is 19.1 Å². The first-order valence-corrected chi connectivity index (χ1v) is 8.66.